The van der Waals surface area contributed by atoms with E-state index in [1.807, 2.05) is 6.07 Å². The van der Waals surface area contributed by atoms with Crippen LogP contribution in [0.3, 0.4) is 0 Å². The number of fused-ring (bicyclic) bond motifs is 4. The minimum atomic E-state index is -0.672. The molecule has 2 aliphatic rings. The number of carbonyl (C=O) groups excluding carboxylic acids is 9. The summed E-state index contributed by atoms with van der Waals surface area (Å²) in [5, 5.41) is 37.9. The molecule has 5 aromatic heterocycles. The average Bonchev–Trinajstić information content (AvgIpc) is 1.65. The largest absolute Gasteiger partial charge is 0.507 e. The first-order valence-corrected chi connectivity index (χ1v) is 31.4. The van der Waals surface area contributed by atoms with Gasteiger partial charge in [-0.05, 0) is 86.9 Å². The first-order valence-electron chi connectivity index (χ1n) is 30.8. The number of aromatic nitrogens is 9. The van der Waals surface area contributed by atoms with Crippen molar-refractivity contribution in [3.63, 3.8) is 0 Å². The Bertz CT molecular complexity index is 4210. The Morgan fingerprint density at radius 1 is 0.632 bits per heavy atom. The summed E-state index contributed by atoms with van der Waals surface area (Å²) in [7, 11) is 9.80. The number of anilines is 6. The number of amides is 9. The number of alkyl halides is 1. The Hall–Kier alpha value is -10.5. The summed E-state index contributed by atoms with van der Waals surface area (Å²) >= 11 is 6.38. The van der Waals surface area contributed by atoms with Crippen molar-refractivity contribution in [1.29, 1.82) is 0 Å². The van der Waals surface area contributed by atoms with Gasteiger partial charge >= 0.3 is 0 Å². The summed E-state index contributed by atoms with van der Waals surface area (Å²) in [5.74, 6) is -3.13. The summed E-state index contributed by atoms with van der Waals surface area (Å²) in [4.78, 5) is 140. The lowest BCUT2D eigenvalue weighted by Gasteiger charge is -2.27. The molecule has 0 saturated carbocycles. The third-order valence-electron chi connectivity index (χ3n) is 15.5. The van der Waals surface area contributed by atoms with Crippen molar-refractivity contribution >= 4 is 121 Å². The van der Waals surface area contributed by atoms with Crippen LogP contribution in [0.25, 0.3) is 21.7 Å². The van der Waals surface area contributed by atoms with Crippen molar-refractivity contribution < 1.29 is 48.3 Å². The zero-order valence-electron chi connectivity index (χ0n) is 54.0. The fraction of sp³-hybridized carbons (Fsp3) is 0.381. The van der Waals surface area contributed by atoms with Crippen LogP contribution in [-0.4, -0.2) is 197 Å². The number of nitrogens with one attached hydrogen (secondary N) is 10. The standard InChI is InChI=1S/C34H49N17O6.C29H29ClN4O4/c1-46(2)20-26(53)38-21-16-48(4)28(39-21)32(55)44-23-18-50(6)30(41-23)34(57)45-24-19-49(5)29(42-24)33(56)43-22-17-47(3)27(40-22)31(54)37-10-8-25(52)36-9-7-13-51-14-11-35-12-15-51;1-3-4-9-31-28(37)17-5-7-21-22(11-17)27-19(14-30)15-34(25(27)13-26(21)36)29(38)24-12-18-10-20(32-16(2)35)6-8-23(18)33-24/h16-19,35H,7-15,20H2,1-6H3,(H,36,52)(H,37,54)(H,38,53)(H,43,56)(H,44,55)(H,45,57);5-8,10-13,19,33,36H,3-4,9,14-15H2,1-2H3,(H,31,37)(H,32,35). The van der Waals surface area contributed by atoms with Crippen molar-refractivity contribution in [1.82, 2.24) is 74.3 Å². The molecule has 1 saturated heterocycles. The third-order valence-corrected chi connectivity index (χ3v) is 15.9. The molecule has 31 nitrogen and oxygen atoms in total. The minimum absolute atomic E-state index is 0.000122. The molecule has 0 aliphatic carbocycles. The normalized spacial score (nSPS) is 13.6. The number of rotatable bonds is 24. The van der Waals surface area contributed by atoms with Gasteiger partial charge in [0.25, 0.3) is 35.4 Å². The molecule has 9 amide bonds. The van der Waals surface area contributed by atoms with E-state index in [9.17, 15) is 48.3 Å². The van der Waals surface area contributed by atoms with Gasteiger partial charge < -0.3 is 90.9 Å². The highest BCUT2D eigenvalue weighted by atomic mass is 35.5. The number of hydrogen-bond acceptors (Lipinski definition) is 17. The zero-order valence-corrected chi connectivity index (χ0v) is 54.8. The second-order valence-electron chi connectivity index (χ2n) is 23.3. The van der Waals surface area contributed by atoms with Gasteiger partial charge in [-0.1, -0.05) is 13.3 Å². The molecule has 0 radical (unpaired) electrons. The molecule has 95 heavy (non-hydrogen) atoms. The molecule has 11 N–H and O–H groups in total. The number of likely N-dealkylation sites (N-methyl/N-ethyl adjacent to an activating group) is 1. The molecule has 2 aliphatic heterocycles. The zero-order chi connectivity index (χ0) is 68.2. The van der Waals surface area contributed by atoms with Crippen LogP contribution < -0.4 is 52.8 Å². The van der Waals surface area contributed by atoms with Crippen LogP contribution in [-0.2, 0) is 42.6 Å². The van der Waals surface area contributed by atoms with Crippen LogP contribution >= 0.6 is 11.6 Å². The van der Waals surface area contributed by atoms with Crippen molar-refractivity contribution in [3.8, 4) is 5.75 Å². The monoisotopic (exact) mass is 1320 g/mol. The van der Waals surface area contributed by atoms with Gasteiger partial charge in [0.2, 0.25) is 41.0 Å². The van der Waals surface area contributed by atoms with Crippen molar-refractivity contribution in [3.05, 3.63) is 113 Å². The van der Waals surface area contributed by atoms with E-state index in [2.05, 4.69) is 84.6 Å². The number of aromatic hydroxyl groups is 1. The number of aromatic amines is 1. The number of piperazine rings is 1. The third kappa shape index (κ3) is 17.2. The molecule has 502 valence electrons. The number of hydrogen-bond donors (Lipinski definition) is 11. The summed E-state index contributed by atoms with van der Waals surface area (Å²) in [6.45, 7) is 10.1. The van der Waals surface area contributed by atoms with Crippen LogP contribution in [0.15, 0.2) is 73.3 Å². The molecule has 1 unspecified atom stereocenters. The first-order chi connectivity index (χ1) is 45.5. The molecule has 1 atom stereocenters. The van der Waals surface area contributed by atoms with Gasteiger partial charge in [0, 0.05) is 164 Å². The van der Waals surface area contributed by atoms with Crippen LogP contribution in [0.4, 0.5) is 34.6 Å². The topological polar surface area (TPSA) is 379 Å². The Labute approximate surface area is 551 Å². The quantitative estimate of drug-likeness (QED) is 0.0302. The predicted molar refractivity (Wildman–Crippen MR) is 358 cm³/mol. The number of phenolic OH excluding ortho intramolecular Hbond substituents is 1. The van der Waals surface area contributed by atoms with Gasteiger partial charge in [-0.15, -0.1) is 11.6 Å². The smallest absolute Gasteiger partial charge is 0.292 e. The first kappa shape index (κ1) is 68.9. The van der Waals surface area contributed by atoms with Crippen molar-refractivity contribution in [2.24, 2.45) is 28.2 Å². The van der Waals surface area contributed by atoms with Gasteiger partial charge in [-0.25, -0.2) is 19.9 Å². The highest BCUT2D eigenvalue weighted by Gasteiger charge is 2.36. The Morgan fingerprint density at radius 2 is 1.19 bits per heavy atom. The number of imidazole rings is 4. The summed E-state index contributed by atoms with van der Waals surface area (Å²) < 4.78 is 5.67. The van der Waals surface area contributed by atoms with E-state index >= 15 is 0 Å². The number of phenols is 1. The number of benzene rings is 3. The van der Waals surface area contributed by atoms with E-state index in [0.29, 0.717) is 53.0 Å². The highest BCUT2D eigenvalue weighted by molar-refractivity contribution is 6.19. The molecule has 32 heteroatoms. The highest BCUT2D eigenvalue weighted by Crippen LogP contribution is 2.46. The van der Waals surface area contributed by atoms with E-state index in [1.54, 1.807) is 94.6 Å². The van der Waals surface area contributed by atoms with E-state index in [0.717, 1.165) is 68.5 Å². The average molecular weight is 1320 g/mol. The van der Waals surface area contributed by atoms with Gasteiger partial charge in [0.1, 0.15) is 11.4 Å². The van der Waals surface area contributed by atoms with E-state index in [1.165, 1.54) is 50.0 Å². The van der Waals surface area contributed by atoms with Gasteiger partial charge in [0.15, 0.2) is 23.3 Å². The van der Waals surface area contributed by atoms with Gasteiger partial charge in [-0.3, -0.25) is 43.2 Å². The SMILES string of the molecule is CCCCNC(=O)c1ccc2c(O)cc3c(c2c1)C(CCl)CN3C(=O)c1cc2cc(NC(C)=O)ccc2[nH]1.CN(C)CC(=O)Nc1cn(C)c(C(=O)Nc2cn(C)c(C(=O)Nc3cn(C)c(C(=O)Nc4cn(C)c(C(=O)NCCC(=O)NCCCN5CCNCC5)n4)n3)n2)n1. The molecule has 7 heterocycles. The lowest BCUT2D eigenvalue weighted by molar-refractivity contribution is -0.121. The van der Waals surface area contributed by atoms with Crippen LogP contribution in [0.5, 0.6) is 5.75 Å². The minimum Gasteiger partial charge on any atom is -0.507 e. The maximum absolute atomic E-state index is 13.7. The van der Waals surface area contributed by atoms with Crippen LogP contribution in [0.2, 0.25) is 0 Å². The fourth-order valence-electron chi connectivity index (χ4n) is 10.9. The molecule has 1 fully saturated rings. The lowest BCUT2D eigenvalue weighted by Crippen LogP contribution is -2.44. The number of nitrogens with zero attached hydrogens (tertiary/aromatic N) is 11. The number of carbonyl (C=O) groups is 9. The number of unbranched alkanes of at least 4 members (excludes halogenated alkanes) is 1. The van der Waals surface area contributed by atoms with Crippen molar-refractivity contribution in [2.45, 2.75) is 45.4 Å². The summed E-state index contributed by atoms with van der Waals surface area (Å²) in [6.07, 6.45) is 8.64. The number of aryl methyl sites for hydroxylation is 4. The summed E-state index contributed by atoms with van der Waals surface area (Å²) in [5.41, 5.74) is 3.69. The van der Waals surface area contributed by atoms with Crippen LogP contribution in [0.1, 0.15) is 114 Å². The lowest BCUT2D eigenvalue weighted by atomic mass is 9.94. The van der Waals surface area contributed by atoms with E-state index in [-0.39, 0.29) is 113 Å². The number of H-pyrrole nitrogens is 1. The van der Waals surface area contributed by atoms with E-state index < -0.39 is 23.6 Å². The molecular weight excluding hydrogens is 1250 g/mol. The second-order valence-corrected chi connectivity index (χ2v) is 23.6. The Morgan fingerprint density at radius 3 is 1.75 bits per heavy atom. The molecule has 0 bridgehead atoms. The van der Waals surface area contributed by atoms with Crippen molar-refractivity contribution in [2.75, 3.05) is 117 Å². The fourth-order valence-corrected chi connectivity index (χ4v) is 11.2. The maximum Gasteiger partial charge on any atom is 0.292 e. The Balaban J connectivity index is 0.000000241. The van der Waals surface area contributed by atoms with Gasteiger partial charge in [0.05, 0.1) is 12.2 Å². The maximum atomic E-state index is 13.7. The molecule has 8 aromatic rings. The molecule has 0 spiro atoms. The molecule has 3 aromatic carbocycles. The van der Waals surface area contributed by atoms with Crippen LogP contribution in [0, 0.1) is 0 Å². The van der Waals surface area contributed by atoms with Gasteiger partial charge in [-0.2, -0.15) is 0 Å². The number of halogens is 1. The predicted octanol–water partition coefficient (Wildman–Crippen LogP) is 3.91. The Kier molecular flexibility index (Phi) is 22.4. The van der Waals surface area contributed by atoms with E-state index in [4.69, 9.17) is 11.6 Å². The second kappa shape index (κ2) is 31.0. The molecule has 10 rings (SSSR count). The molecular formula is C63H78ClN21O10. The summed E-state index contributed by atoms with van der Waals surface area (Å²) in [6, 6.07) is 13.9.